The molecule has 0 bridgehead atoms. The summed E-state index contributed by atoms with van der Waals surface area (Å²) in [7, 11) is 1.62. The Balaban J connectivity index is 1.62. The van der Waals surface area contributed by atoms with E-state index in [0.29, 0.717) is 18.2 Å². The summed E-state index contributed by atoms with van der Waals surface area (Å²) < 4.78 is 6.78. The Labute approximate surface area is 129 Å². The molecule has 6 nitrogen and oxygen atoms in total. The quantitative estimate of drug-likeness (QED) is 0.843. The summed E-state index contributed by atoms with van der Waals surface area (Å²) >= 11 is 0. The predicted octanol–water partition coefficient (Wildman–Crippen LogP) is 1.35. The second-order valence-electron chi connectivity index (χ2n) is 5.55. The molecule has 0 aliphatic heterocycles. The lowest BCUT2D eigenvalue weighted by Gasteiger charge is -2.10. The zero-order valence-corrected chi connectivity index (χ0v) is 12.5. The Bertz CT molecular complexity index is 646. The first-order valence-corrected chi connectivity index (χ1v) is 7.41. The fraction of sp³-hybridized carbons (Fsp3) is 0.375. The highest BCUT2D eigenvalue weighted by Crippen LogP contribution is 2.31. The van der Waals surface area contributed by atoms with Crippen molar-refractivity contribution in [1.82, 2.24) is 15.1 Å². The van der Waals surface area contributed by atoms with E-state index >= 15 is 0 Å². The van der Waals surface area contributed by atoms with E-state index in [-0.39, 0.29) is 11.9 Å². The molecule has 116 valence electrons. The standard InChI is InChI=1S/C16H20N4O2/c1-22-13-6-4-12(5-7-13)20-9-8-15(19-20)16(21)18-10-14(17)11-2-3-11/h4-9,11,14H,2-3,10,17H2,1H3,(H,18,21). The fourth-order valence-corrected chi connectivity index (χ4v) is 2.32. The lowest BCUT2D eigenvalue weighted by Crippen LogP contribution is -2.38. The lowest BCUT2D eigenvalue weighted by atomic mass is 10.2. The number of nitrogens with two attached hydrogens (primary N) is 1. The van der Waals surface area contributed by atoms with Gasteiger partial charge in [-0.05, 0) is 49.1 Å². The average molecular weight is 300 g/mol. The van der Waals surface area contributed by atoms with Crippen LogP contribution in [0, 0.1) is 5.92 Å². The highest BCUT2D eigenvalue weighted by atomic mass is 16.5. The van der Waals surface area contributed by atoms with Gasteiger partial charge in [0.1, 0.15) is 5.75 Å². The SMILES string of the molecule is COc1ccc(-n2ccc(C(=O)NCC(N)C3CC3)n2)cc1. The molecule has 1 aromatic heterocycles. The summed E-state index contributed by atoms with van der Waals surface area (Å²) in [5.74, 6) is 1.16. The number of methoxy groups -OCH3 is 1. The Morgan fingerprint density at radius 1 is 1.41 bits per heavy atom. The van der Waals surface area contributed by atoms with Crippen LogP contribution in [-0.2, 0) is 0 Å². The monoisotopic (exact) mass is 300 g/mol. The van der Waals surface area contributed by atoms with Crippen molar-refractivity contribution in [3.8, 4) is 11.4 Å². The van der Waals surface area contributed by atoms with Crippen LogP contribution in [-0.4, -0.2) is 35.4 Å². The number of amides is 1. The van der Waals surface area contributed by atoms with Crippen molar-refractivity contribution in [1.29, 1.82) is 0 Å². The number of aromatic nitrogens is 2. The van der Waals surface area contributed by atoms with Crippen LogP contribution in [0.5, 0.6) is 5.75 Å². The molecule has 1 aliphatic carbocycles. The number of ether oxygens (including phenoxy) is 1. The minimum Gasteiger partial charge on any atom is -0.497 e. The number of benzene rings is 1. The number of hydrogen-bond donors (Lipinski definition) is 2. The Morgan fingerprint density at radius 2 is 2.14 bits per heavy atom. The largest absolute Gasteiger partial charge is 0.497 e. The van der Waals surface area contributed by atoms with Crippen LogP contribution in [0.4, 0.5) is 0 Å². The Hall–Kier alpha value is -2.34. The molecule has 1 aromatic carbocycles. The van der Waals surface area contributed by atoms with Gasteiger partial charge in [-0.15, -0.1) is 0 Å². The first-order valence-electron chi connectivity index (χ1n) is 7.41. The van der Waals surface area contributed by atoms with Crippen LogP contribution in [0.15, 0.2) is 36.5 Å². The molecule has 6 heteroatoms. The number of rotatable bonds is 6. The zero-order chi connectivity index (χ0) is 15.5. The summed E-state index contributed by atoms with van der Waals surface area (Å²) in [4.78, 5) is 12.1. The lowest BCUT2D eigenvalue weighted by molar-refractivity contribution is 0.0945. The normalized spacial score (nSPS) is 15.4. The molecule has 0 spiro atoms. The third kappa shape index (κ3) is 3.28. The maximum absolute atomic E-state index is 12.1. The van der Waals surface area contributed by atoms with Gasteiger partial charge in [0.05, 0.1) is 12.8 Å². The Kier molecular flexibility index (Phi) is 4.11. The van der Waals surface area contributed by atoms with Gasteiger partial charge in [-0.2, -0.15) is 5.10 Å². The third-order valence-electron chi connectivity index (χ3n) is 3.88. The highest BCUT2D eigenvalue weighted by molar-refractivity contribution is 5.92. The second kappa shape index (κ2) is 6.19. The highest BCUT2D eigenvalue weighted by Gasteiger charge is 2.28. The molecule has 0 radical (unpaired) electrons. The first-order chi connectivity index (χ1) is 10.7. The molecular formula is C16H20N4O2. The average Bonchev–Trinajstić information content (AvgIpc) is 3.29. The van der Waals surface area contributed by atoms with Gasteiger partial charge in [0.2, 0.25) is 0 Å². The van der Waals surface area contributed by atoms with E-state index in [0.717, 1.165) is 11.4 Å². The van der Waals surface area contributed by atoms with Crippen molar-refractivity contribution in [3.05, 3.63) is 42.2 Å². The molecule has 1 aliphatic rings. The smallest absolute Gasteiger partial charge is 0.271 e. The Morgan fingerprint density at radius 3 is 2.77 bits per heavy atom. The summed E-state index contributed by atoms with van der Waals surface area (Å²) in [6.07, 6.45) is 4.10. The summed E-state index contributed by atoms with van der Waals surface area (Å²) in [6, 6.07) is 9.22. The van der Waals surface area contributed by atoms with Gasteiger partial charge in [0, 0.05) is 18.8 Å². The van der Waals surface area contributed by atoms with Gasteiger partial charge in [-0.25, -0.2) is 4.68 Å². The second-order valence-corrected chi connectivity index (χ2v) is 5.55. The molecule has 1 saturated carbocycles. The van der Waals surface area contributed by atoms with Gasteiger partial charge >= 0.3 is 0 Å². The maximum Gasteiger partial charge on any atom is 0.271 e. The van der Waals surface area contributed by atoms with E-state index in [4.69, 9.17) is 10.5 Å². The molecule has 1 atom stereocenters. The summed E-state index contributed by atoms with van der Waals surface area (Å²) in [6.45, 7) is 0.499. The first kappa shape index (κ1) is 14.6. The number of carbonyl (C=O) groups excluding carboxylic acids is 1. The van der Waals surface area contributed by atoms with E-state index in [1.54, 1.807) is 24.1 Å². The van der Waals surface area contributed by atoms with E-state index in [1.165, 1.54) is 12.8 Å². The van der Waals surface area contributed by atoms with Crippen molar-refractivity contribution >= 4 is 5.91 Å². The van der Waals surface area contributed by atoms with E-state index < -0.39 is 0 Å². The van der Waals surface area contributed by atoms with Crippen LogP contribution in [0.2, 0.25) is 0 Å². The van der Waals surface area contributed by atoms with Crippen LogP contribution in [0.3, 0.4) is 0 Å². The van der Waals surface area contributed by atoms with Crippen LogP contribution >= 0.6 is 0 Å². The minimum absolute atomic E-state index is 0.0487. The predicted molar refractivity (Wildman–Crippen MR) is 83.1 cm³/mol. The van der Waals surface area contributed by atoms with Crippen LogP contribution in [0.25, 0.3) is 5.69 Å². The van der Waals surface area contributed by atoms with Gasteiger partial charge in [0.15, 0.2) is 5.69 Å². The van der Waals surface area contributed by atoms with Crippen molar-refractivity contribution in [3.63, 3.8) is 0 Å². The zero-order valence-electron chi connectivity index (χ0n) is 12.5. The van der Waals surface area contributed by atoms with Crippen molar-refractivity contribution in [2.24, 2.45) is 11.7 Å². The molecular weight excluding hydrogens is 280 g/mol. The summed E-state index contributed by atoms with van der Waals surface area (Å²) in [5.41, 5.74) is 7.23. The molecule has 22 heavy (non-hydrogen) atoms. The van der Waals surface area contributed by atoms with E-state index in [2.05, 4.69) is 10.4 Å². The van der Waals surface area contributed by atoms with Crippen molar-refractivity contribution in [2.75, 3.05) is 13.7 Å². The molecule has 3 rings (SSSR count). The minimum atomic E-state index is -0.191. The van der Waals surface area contributed by atoms with Crippen LogP contribution in [0.1, 0.15) is 23.3 Å². The maximum atomic E-state index is 12.1. The topological polar surface area (TPSA) is 82.2 Å². The van der Waals surface area contributed by atoms with Gasteiger partial charge in [0.25, 0.3) is 5.91 Å². The van der Waals surface area contributed by atoms with Crippen molar-refractivity contribution < 1.29 is 9.53 Å². The fourth-order valence-electron chi connectivity index (χ4n) is 2.32. The van der Waals surface area contributed by atoms with Gasteiger partial charge in [-0.1, -0.05) is 0 Å². The van der Waals surface area contributed by atoms with Gasteiger partial charge in [-0.3, -0.25) is 4.79 Å². The number of nitrogens with one attached hydrogen (secondary N) is 1. The molecule has 1 heterocycles. The van der Waals surface area contributed by atoms with Crippen LogP contribution < -0.4 is 15.8 Å². The van der Waals surface area contributed by atoms with Crippen molar-refractivity contribution in [2.45, 2.75) is 18.9 Å². The molecule has 3 N–H and O–H groups in total. The van der Waals surface area contributed by atoms with Gasteiger partial charge < -0.3 is 15.8 Å². The molecule has 1 fully saturated rings. The van der Waals surface area contributed by atoms with E-state index in [9.17, 15) is 4.79 Å². The number of nitrogens with zero attached hydrogens (tertiary/aromatic N) is 2. The molecule has 2 aromatic rings. The molecule has 0 saturated heterocycles. The number of hydrogen-bond acceptors (Lipinski definition) is 4. The van der Waals surface area contributed by atoms with E-state index in [1.807, 2.05) is 24.3 Å². The molecule has 1 unspecified atom stereocenters. The number of carbonyl (C=O) groups is 1. The molecule has 1 amide bonds. The summed E-state index contributed by atoms with van der Waals surface area (Å²) in [5, 5.41) is 7.14. The third-order valence-corrected chi connectivity index (χ3v) is 3.88.